The van der Waals surface area contributed by atoms with Gasteiger partial charge in [0.15, 0.2) is 0 Å². The van der Waals surface area contributed by atoms with Crippen LogP contribution >= 0.6 is 11.6 Å². The highest BCUT2D eigenvalue weighted by atomic mass is 35.5. The van der Waals surface area contributed by atoms with Crippen LogP contribution in [0.15, 0.2) is 83.4 Å². The highest BCUT2D eigenvalue weighted by Gasteiger charge is 2.17. The maximum atomic E-state index is 12.9. The highest BCUT2D eigenvalue weighted by molar-refractivity contribution is 6.30. The number of carbonyl (C=O) groups excluding carboxylic acids is 2. The molecule has 2 amide bonds. The minimum Gasteiger partial charge on any atom is -0.345 e. The molecule has 0 bridgehead atoms. The number of hydrogen-bond acceptors (Lipinski definition) is 5. The average molecular weight is 475 g/mol. The minimum absolute atomic E-state index is 0.124. The van der Waals surface area contributed by atoms with Crippen molar-refractivity contribution in [2.24, 2.45) is 0 Å². The first-order valence-electron chi connectivity index (χ1n) is 10.8. The Labute approximate surface area is 202 Å². The average Bonchev–Trinajstić information content (AvgIpc) is 3.33. The van der Waals surface area contributed by atoms with Gasteiger partial charge in [-0.3, -0.25) is 9.59 Å². The molecule has 0 radical (unpaired) electrons. The van der Waals surface area contributed by atoms with E-state index in [-0.39, 0.29) is 30.7 Å². The molecule has 0 aliphatic rings. The summed E-state index contributed by atoms with van der Waals surface area (Å²) in [5.41, 5.74) is 2.60. The lowest BCUT2D eigenvalue weighted by molar-refractivity contribution is -0.116. The van der Waals surface area contributed by atoms with E-state index in [0.717, 1.165) is 11.1 Å². The fraction of sp³-hybridized carbons (Fsp3) is 0.154. The lowest BCUT2D eigenvalue weighted by Crippen LogP contribution is -2.28. The maximum absolute atomic E-state index is 12.9. The summed E-state index contributed by atoms with van der Waals surface area (Å²) in [5, 5.41) is 10.4. The number of carbonyl (C=O) groups is 2. The van der Waals surface area contributed by atoms with Gasteiger partial charge in [-0.25, -0.2) is 0 Å². The van der Waals surface area contributed by atoms with Crippen molar-refractivity contribution in [3.8, 4) is 11.4 Å². The first-order chi connectivity index (χ1) is 16.5. The Bertz CT molecular complexity index is 1270. The molecule has 8 heteroatoms. The predicted molar refractivity (Wildman–Crippen MR) is 130 cm³/mol. The monoisotopic (exact) mass is 474 g/mol. The van der Waals surface area contributed by atoms with Crippen LogP contribution in [0, 0.1) is 0 Å². The topological polar surface area (TPSA) is 97.1 Å². The number of nitrogens with one attached hydrogen (secondary N) is 2. The summed E-state index contributed by atoms with van der Waals surface area (Å²) in [4.78, 5) is 29.8. The molecule has 0 fully saturated rings. The molecule has 0 aliphatic carbocycles. The zero-order valence-electron chi connectivity index (χ0n) is 18.5. The van der Waals surface area contributed by atoms with E-state index >= 15 is 0 Å². The van der Waals surface area contributed by atoms with Gasteiger partial charge in [-0.05, 0) is 48.9 Å². The number of aromatic nitrogens is 2. The molecule has 172 valence electrons. The molecule has 3 aromatic carbocycles. The molecule has 4 rings (SSSR count). The normalized spacial score (nSPS) is 11.6. The van der Waals surface area contributed by atoms with Crippen LogP contribution in [0.4, 0.5) is 5.69 Å². The molecular formula is C26H23ClN4O3. The Morgan fingerprint density at radius 2 is 1.68 bits per heavy atom. The van der Waals surface area contributed by atoms with E-state index in [1.807, 2.05) is 37.3 Å². The zero-order valence-corrected chi connectivity index (χ0v) is 19.3. The molecule has 1 aromatic heterocycles. The zero-order chi connectivity index (χ0) is 23.9. The van der Waals surface area contributed by atoms with E-state index in [4.69, 9.17) is 16.1 Å². The van der Waals surface area contributed by atoms with Gasteiger partial charge in [0.2, 0.25) is 17.6 Å². The number of nitrogens with zero attached hydrogens (tertiary/aromatic N) is 2. The Hall–Kier alpha value is -3.97. The van der Waals surface area contributed by atoms with Gasteiger partial charge in [0.1, 0.15) is 0 Å². The van der Waals surface area contributed by atoms with Crippen molar-refractivity contribution in [2.75, 3.05) is 5.32 Å². The first-order valence-corrected chi connectivity index (χ1v) is 11.2. The van der Waals surface area contributed by atoms with Crippen molar-refractivity contribution >= 4 is 29.1 Å². The van der Waals surface area contributed by atoms with Crippen LogP contribution < -0.4 is 10.6 Å². The smallest absolute Gasteiger partial charge is 0.253 e. The maximum Gasteiger partial charge on any atom is 0.253 e. The molecule has 7 nitrogen and oxygen atoms in total. The third-order valence-corrected chi connectivity index (χ3v) is 5.48. The van der Waals surface area contributed by atoms with Crippen molar-refractivity contribution < 1.29 is 14.1 Å². The van der Waals surface area contributed by atoms with Gasteiger partial charge in [0.05, 0.1) is 17.3 Å². The van der Waals surface area contributed by atoms with Crippen molar-refractivity contribution in [1.29, 1.82) is 0 Å². The third kappa shape index (κ3) is 5.88. The third-order valence-electron chi connectivity index (χ3n) is 5.23. The summed E-state index contributed by atoms with van der Waals surface area (Å²) < 4.78 is 5.26. The molecular weight excluding hydrogens is 452 g/mol. The molecule has 0 aliphatic heterocycles. The first kappa shape index (κ1) is 23.2. The van der Waals surface area contributed by atoms with Gasteiger partial charge in [-0.1, -0.05) is 59.2 Å². The molecule has 0 spiro atoms. The molecule has 1 heterocycles. The van der Waals surface area contributed by atoms with Crippen LogP contribution in [0.3, 0.4) is 0 Å². The van der Waals surface area contributed by atoms with Crippen LogP contribution in [0.2, 0.25) is 5.02 Å². The molecule has 0 saturated heterocycles. The number of hydrogen-bond donors (Lipinski definition) is 2. The summed E-state index contributed by atoms with van der Waals surface area (Å²) in [6.45, 7) is 1.91. The quantitative estimate of drug-likeness (QED) is 0.354. The second-order valence-electron chi connectivity index (χ2n) is 7.72. The fourth-order valence-electron chi connectivity index (χ4n) is 3.40. The summed E-state index contributed by atoms with van der Waals surface area (Å²) in [6, 6.07) is 23.5. The number of rotatable bonds is 8. The molecule has 2 N–H and O–H groups in total. The van der Waals surface area contributed by atoms with Crippen LogP contribution in [-0.2, 0) is 11.2 Å². The predicted octanol–water partition coefficient (Wildman–Crippen LogP) is 5.45. The van der Waals surface area contributed by atoms with E-state index in [1.165, 1.54) is 0 Å². The summed E-state index contributed by atoms with van der Waals surface area (Å²) in [6.07, 6.45) is 0.393. The van der Waals surface area contributed by atoms with Gasteiger partial charge < -0.3 is 15.2 Å². The van der Waals surface area contributed by atoms with Gasteiger partial charge in [-0.15, -0.1) is 0 Å². The number of anilines is 1. The van der Waals surface area contributed by atoms with Gasteiger partial charge >= 0.3 is 0 Å². The largest absolute Gasteiger partial charge is 0.345 e. The lowest BCUT2D eigenvalue weighted by atomic mass is 10.1. The van der Waals surface area contributed by atoms with Crippen LogP contribution in [0.25, 0.3) is 11.4 Å². The SMILES string of the molecule is CC(NC(=O)c1ccccc1NC(=O)CCc1nc(-c2ccc(Cl)cc2)no1)c1ccccc1. The van der Waals surface area contributed by atoms with E-state index < -0.39 is 0 Å². The van der Waals surface area contributed by atoms with Crippen LogP contribution in [0.5, 0.6) is 0 Å². The van der Waals surface area contributed by atoms with Crippen molar-refractivity contribution in [3.63, 3.8) is 0 Å². The van der Waals surface area contributed by atoms with Gasteiger partial charge in [-0.2, -0.15) is 4.98 Å². The van der Waals surface area contributed by atoms with E-state index in [0.29, 0.717) is 28.0 Å². The fourth-order valence-corrected chi connectivity index (χ4v) is 3.52. The summed E-state index contributed by atoms with van der Waals surface area (Å²) in [5.74, 6) is 0.254. The molecule has 1 atom stereocenters. The Morgan fingerprint density at radius 3 is 2.44 bits per heavy atom. The second kappa shape index (κ2) is 10.8. The van der Waals surface area contributed by atoms with Crippen molar-refractivity contribution in [3.05, 3.63) is 101 Å². The van der Waals surface area contributed by atoms with Gasteiger partial charge in [0, 0.05) is 23.4 Å². The molecule has 1 unspecified atom stereocenters. The van der Waals surface area contributed by atoms with Crippen molar-refractivity contribution in [2.45, 2.75) is 25.8 Å². The molecule has 0 saturated carbocycles. The minimum atomic E-state index is -0.267. The summed E-state index contributed by atoms with van der Waals surface area (Å²) >= 11 is 5.90. The number of aryl methyl sites for hydroxylation is 1. The number of halogens is 1. The highest BCUT2D eigenvalue weighted by Crippen LogP contribution is 2.20. The lowest BCUT2D eigenvalue weighted by Gasteiger charge is -2.16. The van der Waals surface area contributed by atoms with E-state index in [1.54, 1.807) is 48.5 Å². The van der Waals surface area contributed by atoms with Crippen LogP contribution in [-0.4, -0.2) is 22.0 Å². The molecule has 34 heavy (non-hydrogen) atoms. The Kier molecular flexibility index (Phi) is 7.34. The Balaban J connectivity index is 1.36. The summed E-state index contributed by atoms with van der Waals surface area (Å²) in [7, 11) is 0. The standard InChI is InChI=1S/C26H23ClN4O3/c1-17(18-7-3-2-4-8-18)28-26(33)21-9-5-6-10-22(21)29-23(32)15-16-24-30-25(31-34-24)19-11-13-20(27)14-12-19/h2-14,17H,15-16H2,1H3,(H,28,33)(H,29,32). The number of para-hydroxylation sites is 1. The molecule has 4 aromatic rings. The van der Waals surface area contributed by atoms with Crippen molar-refractivity contribution in [1.82, 2.24) is 15.5 Å². The van der Waals surface area contributed by atoms with E-state index in [9.17, 15) is 9.59 Å². The van der Waals surface area contributed by atoms with E-state index in [2.05, 4.69) is 20.8 Å². The number of benzene rings is 3. The Morgan fingerprint density at radius 1 is 0.971 bits per heavy atom. The van der Waals surface area contributed by atoms with Crippen LogP contribution in [0.1, 0.15) is 41.2 Å². The number of amides is 2. The second-order valence-corrected chi connectivity index (χ2v) is 8.15. The van der Waals surface area contributed by atoms with Gasteiger partial charge in [0.25, 0.3) is 5.91 Å².